The van der Waals surface area contributed by atoms with Crippen molar-refractivity contribution in [3.05, 3.63) is 0 Å². The second-order valence-electron chi connectivity index (χ2n) is 5.25. The third kappa shape index (κ3) is 7.27. The standard InChI is InChI=1S/C15H30O/c1-2-3-4-5-6-7-8-9-12-15-13-10-11-14-16-15/h15H,2-14H2,1H3. The van der Waals surface area contributed by atoms with Gasteiger partial charge in [0.05, 0.1) is 6.10 Å². The fourth-order valence-corrected chi connectivity index (χ4v) is 2.54. The normalized spacial score (nSPS) is 21.2. The van der Waals surface area contributed by atoms with E-state index in [1.165, 1.54) is 77.0 Å². The van der Waals surface area contributed by atoms with E-state index in [1.54, 1.807) is 0 Å². The Balaban J connectivity index is 1.77. The van der Waals surface area contributed by atoms with Gasteiger partial charge in [-0.2, -0.15) is 0 Å². The molecule has 0 spiro atoms. The number of ether oxygens (including phenoxy) is 1. The predicted octanol–water partition coefficient (Wildman–Crippen LogP) is 5.09. The fourth-order valence-electron chi connectivity index (χ4n) is 2.54. The van der Waals surface area contributed by atoms with Crippen molar-refractivity contribution < 1.29 is 4.74 Å². The minimum Gasteiger partial charge on any atom is -0.378 e. The van der Waals surface area contributed by atoms with Gasteiger partial charge in [0.2, 0.25) is 0 Å². The topological polar surface area (TPSA) is 9.23 Å². The molecule has 0 aromatic rings. The van der Waals surface area contributed by atoms with Crippen LogP contribution < -0.4 is 0 Å². The van der Waals surface area contributed by atoms with E-state index in [4.69, 9.17) is 4.74 Å². The summed E-state index contributed by atoms with van der Waals surface area (Å²) in [5.41, 5.74) is 0. The van der Waals surface area contributed by atoms with Gasteiger partial charge in [0.1, 0.15) is 0 Å². The van der Waals surface area contributed by atoms with E-state index in [2.05, 4.69) is 6.92 Å². The van der Waals surface area contributed by atoms with Crippen LogP contribution in [-0.4, -0.2) is 12.7 Å². The monoisotopic (exact) mass is 226 g/mol. The Morgan fingerprint density at radius 3 is 2.19 bits per heavy atom. The molecule has 1 nitrogen and oxygen atoms in total. The van der Waals surface area contributed by atoms with Crippen molar-refractivity contribution in [2.75, 3.05) is 6.61 Å². The third-order valence-corrected chi connectivity index (χ3v) is 3.65. The summed E-state index contributed by atoms with van der Waals surface area (Å²) in [7, 11) is 0. The van der Waals surface area contributed by atoms with Gasteiger partial charge < -0.3 is 4.74 Å². The lowest BCUT2D eigenvalue weighted by Gasteiger charge is -2.22. The number of unbranched alkanes of at least 4 members (excludes halogenated alkanes) is 7. The first kappa shape index (κ1) is 14.0. The first-order chi connectivity index (χ1) is 7.93. The summed E-state index contributed by atoms with van der Waals surface area (Å²) in [6.45, 7) is 3.30. The first-order valence-corrected chi connectivity index (χ1v) is 7.55. The number of rotatable bonds is 9. The maximum Gasteiger partial charge on any atom is 0.0575 e. The van der Waals surface area contributed by atoms with Crippen molar-refractivity contribution in [1.82, 2.24) is 0 Å². The van der Waals surface area contributed by atoms with E-state index < -0.39 is 0 Å². The average molecular weight is 226 g/mol. The lowest BCUT2D eigenvalue weighted by atomic mass is 10.0. The molecule has 0 aromatic carbocycles. The van der Waals surface area contributed by atoms with Crippen LogP contribution in [0.1, 0.15) is 84.0 Å². The Morgan fingerprint density at radius 2 is 1.56 bits per heavy atom. The van der Waals surface area contributed by atoms with Crippen LogP contribution in [0.4, 0.5) is 0 Å². The Hall–Kier alpha value is -0.0400. The van der Waals surface area contributed by atoms with Gasteiger partial charge in [0, 0.05) is 6.61 Å². The van der Waals surface area contributed by atoms with E-state index in [1.807, 2.05) is 0 Å². The number of hydrogen-bond donors (Lipinski definition) is 0. The quantitative estimate of drug-likeness (QED) is 0.498. The summed E-state index contributed by atoms with van der Waals surface area (Å²) in [4.78, 5) is 0. The van der Waals surface area contributed by atoms with Crippen LogP contribution in [-0.2, 0) is 4.74 Å². The van der Waals surface area contributed by atoms with Crippen LogP contribution in [0, 0.1) is 0 Å². The summed E-state index contributed by atoms with van der Waals surface area (Å²) >= 11 is 0. The molecule has 0 aromatic heterocycles. The highest BCUT2D eigenvalue weighted by atomic mass is 16.5. The average Bonchev–Trinajstić information content (AvgIpc) is 2.34. The molecule has 1 atom stereocenters. The summed E-state index contributed by atoms with van der Waals surface area (Å²) in [5.74, 6) is 0. The van der Waals surface area contributed by atoms with Crippen LogP contribution in [0.25, 0.3) is 0 Å². The van der Waals surface area contributed by atoms with Crippen molar-refractivity contribution in [3.63, 3.8) is 0 Å². The minimum atomic E-state index is 0.605. The molecule has 1 heterocycles. The molecule has 0 N–H and O–H groups in total. The Kier molecular flexibility index (Phi) is 8.88. The minimum absolute atomic E-state index is 0.605. The zero-order chi connectivity index (χ0) is 11.5. The molecule has 1 aliphatic rings. The largest absolute Gasteiger partial charge is 0.378 e. The molecule has 0 saturated carbocycles. The molecular formula is C15H30O. The van der Waals surface area contributed by atoms with E-state index in [-0.39, 0.29) is 0 Å². The van der Waals surface area contributed by atoms with Gasteiger partial charge in [-0.05, 0) is 25.7 Å². The molecule has 0 radical (unpaired) electrons. The summed E-state index contributed by atoms with van der Waals surface area (Å²) in [5, 5.41) is 0. The highest BCUT2D eigenvalue weighted by molar-refractivity contribution is 4.63. The lowest BCUT2D eigenvalue weighted by Crippen LogP contribution is -2.18. The zero-order valence-electron chi connectivity index (χ0n) is 11.2. The van der Waals surface area contributed by atoms with E-state index in [0.717, 1.165) is 6.61 Å². The molecule has 1 fully saturated rings. The smallest absolute Gasteiger partial charge is 0.0575 e. The maximum atomic E-state index is 5.74. The van der Waals surface area contributed by atoms with Gasteiger partial charge in [-0.25, -0.2) is 0 Å². The molecule has 1 unspecified atom stereocenters. The van der Waals surface area contributed by atoms with Crippen molar-refractivity contribution in [3.8, 4) is 0 Å². The highest BCUT2D eigenvalue weighted by Gasteiger charge is 2.12. The van der Waals surface area contributed by atoms with Crippen LogP contribution in [0.5, 0.6) is 0 Å². The third-order valence-electron chi connectivity index (χ3n) is 3.65. The molecule has 0 bridgehead atoms. The Bertz CT molecular complexity index is 138. The van der Waals surface area contributed by atoms with Crippen LogP contribution in [0.2, 0.25) is 0 Å². The lowest BCUT2D eigenvalue weighted by molar-refractivity contribution is 0.00977. The molecule has 0 aliphatic carbocycles. The second-order valence-corrected chi connectivity index (χ2v) is 5.25. The van der Waals surface area contributed by atoms with Gasteiger partial charge in [-0.3, -0.25) is 0 Å². The van der Waals surface area contributed by atoms with Gasteiger partial charge >= 0.3 is 0 Å². The molecule has 0 amide bonds. The zero-order valence-corrected chi connectivity index (χ0v) is 11.2. The number of hydrogen-bond acceptors (Lipinski definition) is 1. The van der Waals surface area contributed by atoms with Crippen molar-refractivity contribution in [1.29, 1.82) is 0 Å². The maximum absolute atomic E-state index is 5.74. The van der Waals surface area contributed by atoms with Crippen LogP contribution in [0.3, 0.4) is 0 Å². The Labute approximate surface area is 102 Å². The van der Waals surface area contributed by atoms with Crippen LogP contribution >= 0.6 is 0 Å². The molecule has 1 heteroatoms. The van der Waals surface area contributed by atoms with Gasteiger partial charge in [0.15, 0.2) is 0 Å². The molecule has 1 aliphatic heterocycles. The van der Waals surface area contributed by atoms with Crippen molar-refractivity contribution in [2.24, 2.45) is 0 Å². The second kappa shape index (κ2) is 10.1. The first-order valence-electron chi connectivity index (χ1n) is 7.55. The molecular weight excluding hydrogens is 196 g/mol. The summed E-state index contributed by atoms with van der Waals surface area (Å²) < 4.78 is 5.74. The predicted molar refractivity (Wildman–Crippen MR) is 70.8 cm³/mol. The summed E-state index contributed by atoms with van der Waals surface area (Å²) in [6.07, 6.45) is 17.3. The SMILES string of the molecule is CCCCCCCCCCC1CCCCO1. The van der Waals surface area contributed by atoms with Crippen molar-refractivity contribution in [2.45, 2.75) is 90.1 Å². The molecule has 1 rings (SSSR count). The fraction of sp³-hybridized carbons (Fsp3) is 1.00. The van der Waals surface area contributed by atoms with Gasteiger partial charge in [0.25, 0.3) is 0 Å². The Morgan fingerprint density at radius 1 is 0.875 bits per heavy atom. The molecule has 96 valence electrons. The van der Waals surface area contributed by atoms with Crippen molar-refractivity contribution >= 4 is 0 Å². The van der Waals surface area contributed by atoms with Crippen LogP contribution in [0.15, 0.2) is 0 Å². The van der Waals surface area contributed by atoms with Gasteiger partial charge in [-0.1, -0.05) is 58.3 Å². The molecule has 1 saturated heterocycles. The highest BCUT2D eigenvalue weighted by Crippen LogP contribution is 2.18. The van der Waals surface area contributed by atoms with E-state index in [0.29, 0.717) is 6.10 Å². The molecule has 16 heavy (non-hydrogen) atoms. The summed E-state index contributed by atoms with van der Waals surface area (Å²) in [6, 6.07) is 0. The van der Waals surface area contributed by atoms with Gasteiger partial charge in [-0.15, -0.1) is 0 Å². The van der Waals surface area contributed by atoms with E-state index in [9.17, 15) is 0 Å². The van der Waals surface area contributed by atoms with E-state index >= 15 is 0 Å².